The lowest BCUT2D eigenvalue weighted by Crippen LogP contribution is -2.30. The highest BCUT2D eigenvalue weighted by atomic mass is 31.2. The van der Waals surface area contributed by atoms with Crippen LogP contribution >= 0.6 is 7.82 Å². The summed E-state index contributed by atoms with van der Waals surface area (Å²) in [5, 5.41) is 9.81. The zero-order valence-corrected chi connectivity index (χ0v) is 48.3. The van der Waals surface area contributed by atoms with Crippen LogP contribution in [0.4, 0.5) is 0 Å². The van der Waals surface area contributed by atoms with Gasteiger partial charge in [0.2, 0.25) is 0 Å². The average molecular weight is 1080 g/mol. The van der Waals surface area contributed by atoms with E-state index in [4.69, 9.17) is 23.3 Å². The molecule has 0 aliphatic rings. The fourth-order valence-corrected chi connectivity index (χ4v) is 8.00. The summed E-state index contributed by atoms with van der Waals surface area (Å²) in [7, 11) is -4.79. The molecule has 0 aliphatic carbocycles. The highest BCUT2D eigenvalue weighted by Crippen LogP contribution is 2.43. The molecule has 0 heterocycles. The standard InChI is InChI=1S/C64H103O11P/c1-4-7-10-13-16-19-22-25-28-29-30-31-34-35-38-41-44-47-50-53-62(66)71-57-61(75-64(68)55-52-49-46-43-40-37-33-27-24-21-18-15-12-9-6-3)59-73-76(69,70)72-58-60(56-65)74-63(67)54-51-48-45-42-39-36-32-26-23-20-17-14-11-8-5-2/h7,9-10,12,16-21,25-28,30-33,40,43,49,52,60-61,65H,4-6,8,11,13-15,22-24,29,34-39,41-42,44-48,50-51,53-59H2,1-3H3,(H,69,70)/b10-7-,12-9-,19-16-,20-17-,21-18-,28-25-,31-30-,32-26-,33-27-,43-40-,52-49-. The van der Waals surface area contributed by atoms with Gasteiger partial charge in [0.05, 0.1) is 26.2 Å². The minimum atomic E-state index is -4.79. The first-order valence-corrected chi connectivity index (χ1v) is 30.6. The van der Waals surface area contributed by atoms with E-state index in [1.54, 1.807) is 6.08 Å². The molecule has 0 aromatic carbocycles. The van der Waals surface area contributed by atoms with Crippen molar-refractivity contribution in [1.29, 1.82) is 0 Å². The van der Waals surface area contributed by atoms with E-state index < -0.39 is 64.4 Å². The van der Waals surface area contributed by atoms with Crippen LogP contribution in [-0.4, -0.2) is 66.5 Å². The summed E-state index contributed by atoms with van der Waals surface area (Å²) in [6, 6.07) is 0. The third-order valence-electron chi connectivity index (χ3n) is 11.6. The van der Waals surface area contributed by atoms with Crippen molar-refractivity contribution in [3.05, 3.63) is 134 Å². The van der Waals surface area contributed by atoms with Crippen LogP contribution in [0.5, 0.6) is 0 Å². The quantitative estimate of drug-likeness (QED) is 0.0197. The van der Waals surface area contributed by atoms with E-state index in [1.807, 2.05) is 18.2 Å². The highest BCUT2D eigenvalue weighted by Gasteiger charge is 2.28. The molecule has 76 heavy (non-hydrogen) atoms. The second kappa shape index (κ2) is 56.8. The maximum atomic E-state index is 12.9. The zero-order valence-electron chi connectivity index (χ0n) is 47.4. The molecule has 0 aromatic heterocycles. The first kappa shape index (κ1) is 71.6. The van der Waals surface area contributed by atoms with E-state index in [-0.39, 0.29) is 19.3 Å². The van der Waals surface area contributed by atoms with Crippen LogP contribution in [0.3, 0.4) is 0 Å². The number of hydrogen-bond acceptors (Lipinski definition) is 10. The van der Waals surface area contributed by atoms with Crippen molar-refractivity contribution in [2.75, 3.05) is 26.4 Å². The van der Waals surface area contributed by atoms with Crippen LogP contribution in [0.2, 0.25) is 0 Å². The Morgan fingerprint density at radius 2 is 0.737 bits per heavy atom. The van der Waals surface area contributed by atoms with Crippen LogP contribution in [0.15, 0.2) is 134 Å². The Hall–Kier alpha value is -4.38. The summed E-state index contributed by atoms with van der Waals surface area (Å²) in [5.41, 5.74) is 0. The Morgan fingerprint density at radius 1 is 0.395 bits per heavy atom. The van der Waals surface area contributed by atoms with Gasteiger partial charge in [-0.1, -0.05) is 212 Å². The van der Waals surface area contributed by atoms with Gasteiger partial charge in [-0.2, -0.15) is 0 Å². The number of carbonyl (C=O) groups excluding carboxylic acids is 3. The second-order valence-electron chi connectivity index (χ2n) is 18.7. The first-order valence-electron chi connectivity index (χ1n) is 29.1. The summed E-state index contributed by atoms with van der Waals surface area (Å²) in [6.07, 6.45) is 71.5. The monoisotopic (exact) mass is 1080 g/mol. The minimum absolute atomic E-state index is 0.0760. The lowest BCUT2D eigenvalue weighted by atomic mass is 10.1. The minimum Gasteiger partial charge on any atom is -0.462 e. The van der Waals surface area contributed by atoms with Gasteiger partial charge in [-0.25, -0.2) is 4.57 Å². The first-order chi connectivity index (χ1) is 37.2. The Morgan fingerprint density at radius 3 is 1.16 bits per heavy atom. The number of phosphoric ester groups is 1. The molecule has 0 aliphatic heterocycles. The van der Waals surface area contributed by atoms with Gasteiger partial charge in [0.15, 0.2) is 6.10 Å². The van der Waals surface area contributed by atoms with E-state index in [1.165, 1.54) is 19.3 Å². The largest absolute Gasteiger partial charge is 0.472 e. The van der Waals surface area contributed by atoms with Crippen LogP contribution in [0.1, 0.15) is 213 Å². The SMILES string of the molecule is CC/C=C\C/C=C\C/C=C\C/C=C\C/C=C\CC(=O)OC(COC(=O)CCCCCCCC/C=C\C/C=C\C/C=C\C/C=C\CC)COP(=O)(O)OCC(CO)OC(=O)CCCCCCC/C=C\C/C=C\CCCCC. The Labute approximate surface area is 461 Å². The molecule has 12 heteroatoms. The lowest BCUT2D eigenvalue weighted by molar-refractivity contribution is -0.160. The Bertz CT molecular complexity index is 1780. The third-order valence-corrected chi connectivity index (χ3v) is 12.5. The van der Waals surface area contributed by atoms with E-state index in [0.717, 1.165) is 135 Å². The number of rotatable bonds is 52. The van der Waals surface area contributed by atoms with E-state index in [0.29, 0.717) is 19.3 Å². The molecule has 11 nitrogen and oxygen atoms in total. The number of aliphatic hydroxyl groups excluding tert-OH is 1. The van der Waals surface area contributed by atoms with Gasteiger partial charge in [-0.15, -0.1) is 0 Å². The topological polar surface area (TPSA) is 155 Å². The van der Waals surface area contributed by atoms with Crippen molar-refractivity contribution in [3.63, 3.8) is 0 Å². The molecule has 0 rings (SSSR count). The predicted octanol–water partition coefficient (Wildman–Crippen LogP) is 17.4. The zero-order chi connectivity index (χ0) is 55.5. The molecule has 0 saturated heterocycles. The smallest absolute Gasteiger partial charge is 0.462 e. The van der Waals surface area contributed by atoms with Crippen molar-refractivity contribution in [1.82, 2.24) is 0 Å². The fraction of sp³-hybridized carbons (Fsp3) is 0.609. The molecule has 0 fully saturated rings. The predicted molar refractivity (Wildman–Crippen MR) is 316 cm³/mol. The molecule has 0 bridgehead atoms. The van der Waals surface area contributed by atoms with Gasteiger partial charge in [-0.3, -0.25) is 23.4 Å². The molecule has 3 atom stereocenters. The van der Waals surface area contributed by atoms with Gasteiger partial charge < -0.3 is 24.2 Å². The van der Waals surface area contributed by atoms with Gasteiger partial charge in [0.25, 0.3) is 0 Å². The van der Waals surface area contributed by atoms with Gasteiger partial charge in [0, 0.05) is 12.8 Å². The molecule has 0 spiro atoms. The summed E-state index contributed by atoms with van der Waals surface area (Å²) in [5.74, 6) is -1.66. The number of carbonyl (C=O) groups is 3. The fourth-order valence-electron chi connectivity index (χ4n) is 7.22. The molecular weight excluding hydrogens is 976 g/mol. The number of esters is 3. The average Bonchev–Trinajstić information content (AvgIpc) is 3.41. The molecular formula is C64H103O11P. The van der Waals surface area contributed by atoms with Gasteiger partial charge in [-0.05, 0) is 116 Å². The summed E-state index contributed by atoms with van der Waals surface area (Å²) in [6.45, 7) is 4.23. The van der Waals surface area contributed by atoms with Gasteiger partial charge in [0.1, 0.15) is 12.7 Å². The number of hydrogen-bond donors (Lipinski definition) is 2. The number of aliphatic hydroxyl groups is 1. The van der Waals surface area contributed by atoms with E-state index >= 15 is 0 Å². The number of phosphoric acid groups is 1. The number of unbranched alkanes of at least 4 members (excludes halogenated alkanes) is 14. The van der Waals surface area contributed by atoms with E-state index in [9.17, 15) is 28.9 Å². The highest BCUT2D eigenvalue weighted by molar-refractivity contribution is 7.47. The maximum Gasteiger partial charge on any atom is 0.472 e. The molecule has 2 N–H and O–H groups in total. The van der Waals surface area contributed by atoms with Crippen LogP contribution in [-0.2, 0) is 42.2 Å². The summed E-state index contributed by atoms with van der Waals surface area (Å²) >= 11 is 0. The molecule has 0 saturated carbocycles. The maximum absolute atomic E-state index is 12.9. The van der Waals surface area contributed by atoms with Crippen LogP contribution < -0.4 is 0 Å². The third kappa shape index (κ3) is 54.4. The second-order valence-corrected chi connectivity index (χ2v) is 20.2. The van der Waals surface area contributed by atoms with Crippen molar-refractivity contribution in [2.24, 2.45) is 0 Å². The van der Waals surface area contributed by atoms with Crippen LogP contribution in [0.25, 0.3) is 0 Å². The van der Waals surface area contributed by atoms with Crippen molar-refractivity contribution >= 4 is 25.7 Å². The molecule has 0 aromatic rings. The Kier molecular flexibility index (Phi) is 53.5. The number of allylic oxidation sites excluding steroid dienone is 21. The Balaban J connectivity index is 4.86. The molecule has 430 valence electrons. The normalized spacial score (nSPS) is 14.3. The number of ether oxygens (including phenoxy) is 3. The lowest BCUT2D eigenvalue weighted by Gasteiger charge is -2.21. The van der Waals surface area contributed by atoms with Gasteiger partial charge >= 0.3 is 25.7 Å². The molecule has 0 amide bonds. The van der Waals surface area contributed by atoms with Crippen molar-refractivity contribution < 1.29 is 52.2 Å². The van der Waals surface area contributed by atoms with Crippen molar-refractivity contribution in [2.45, 2.75) is 226 Å². The van der Waals surface area contributed by atoms with Crippen molar-refractivity contribution in [3.8, 4) is 0 Å². The van der Waals surface area contributed by atoms with E-state index in [2.05, 4.69) is 130 Å². The molecule has 0 radical (unpaired) electrons. The van der Waals surface area contributed by atoms with Crippen LogP contribution in [0, 0.1) is 0 Å². The summed E-state index contributed by atoms with van der Waals surface area (Å²) < 4.78 is 39.4. The molecule has 3 unspecified atom stereocenters. The summed E-state index contributed by atoms with van der Waals surface area (Å²) in [4.78, 5) is 48.5.